The van der Waals surface area contributed by atoms with E-state index in [2.05, 4.69) is 5.32 Å². The van der Waals surface area contributed by atoms with Crippen molar-refractivity contribution in [3.05, 3.63) is 35.6 Å². The van der Waals surface area contributed by atoms with Crippen LogP contribution in [-0.4, -0.2) is 28.8 Å². The first-order valence-corrected chi connectivity index (χ1v) is 6.83. The van der Waals surface area contributed by atoms with Gasteiger partial charge in [-0.3, -0.25) is 9.59 Å². The Kier molecular flexibility index (Phi) is 4.06. The fourth-order valence-electron chi connectivity index (χ4n) is 2.64. The van der Waals surface area contributed by atoms with Crippen LogP contribution in [0.1, 0.15) is 38.8 Å². The largest absolute Gasteiger partial charge is 0.343 e. The second-order valence-electron chi connectivity index (χ2n) is 5.13. The molecule has 20 heavy (non-hydrogen) atoms. The Morgan fingerprint density at radius 3 is 2.70 bits per heavy atom. The van der Waals surface area contributed by atoms with Gasteiger partial charge in [0.15, 0.2) is 0 Å². The number of hydrogen-bond donors (Lipinski definition) is 1. The summed E-state index contributed by atoms with van der Waals surface area (Å²) >= 11 is 0. The smallest absolute Gasteiger partial charge is 0.246 e. The van der Waals surface area contributed by atoms with Gasteiger partial charge >= 0.3 is 0 Å². The van der Waals surface area contributed by atoms with E-state index in [-0.39, 0.29) is 23.7 Å². The molecule has 108 valence electrons. The lowest BCUT2D eigenvalue weighted by molar-refractivity contribution is -0.151. The van der Waals surface area contributed by atoms with Crippen LogP contribution in [-0.2, 0) is 9.59 Å². The van der Waals surface area contributed by atoms with Crippen LogP contribution in [0.5, 0.6) is 0 Å². The molecule has 0 bridgehead atoms. The molecule has 5 heteroatoms. The number of halogens is 1. The molecule has 0 radical (unpaired) electrons. The van der Waals surface area contributed by atoms with Gasteiger partial charge in [-0.05, 0) is 38.0 Å². The van der Waals surface area contributed by atoms with Gasteiger partial charge in [0.2, 0.25) is 11.8 Å². The molecule has 0 saturated carbocycles. The average Bonchev–Trinajstić information content (AvgIpc) is 2.41. The van der Waals surface area contributed by atoms with Gasteiger partial charge in [-0.1, -0.05) is 19.1 Å². The lowest BCUT2D eigenvalue weighted by Gasteiger charge is -2.41. The first-order chi connectivity index (χ1) is 9.45. The van der Waals surface area contributed by atoms with Gasteiger partial charge in [0, 0.05) is 0 Å². The molecule has 1 N–H and O–H groups in total. The van der Waals surface area contributed by atoms with Crippen molar-refractivity contribution in [3.63, 3.8) is 0 Å². The van der Waals surface area contributed by atoms with Gasteiger partial charge in [0.1, 0.15) is 17.9 Å². The zero-order chi connectivity index (χ0) is 14.9. The molecule has 3 atom stereocenters. The van der Waals surface area contributed by atoms with E-state index in [9.17, 15) is 14.0 Å². The summed E-state index contributed by atoms with van der Waals surface area (Å²) in [5, 5.41) is 2.67. The van der Waals surface area contributed by atoms with Gasteiger partial charge in [0.25, 0.3) is 0 Å². The summed E-state index contributed by atoms with van der Waals surface area (Å²) < 4.78 is 13.3. The van der Waals surface area contributed by atoms with E-state index >= 15 is 0 Å². The van der Waals surface area contributed by atoms with E-state index in [0.717, 1.165) is 0 Å². The Morgan fingerprint density at radius 2 is 2.10 bits per heavy atom. The number of rotatable bonds is 3. The maximum absolute atomic E-state index is 13.3. The number of hydrogen-bond acceptors (Lipinski definition) is 2. The highest BCUT2D eigenvalue weighted by atomic mass is 19.1. The molecule has 0 aromatic heterocycles. The number of carbonyl (C=O) groups excluding carboxylic acids is 2. The quantitative estimate of drug-likeness (QED) is 0.919. The Labute approximate surface area is 118 Å². The minimum absolute atomic E-state index is 0.131. The monoisotopic (exact) mass is 278 g/mol. The van der Waals surface area contributed by atoms with Crippen molar-refractivity contribution in [3.8, 4) is 0 Å². The molecule has 0 aliphatic carbocycles. The third kappa shape index (κ3) is 2.53. The molecule has 3 unspecified atom stereocenters. The molecular weight excluding hydrogens is 259 g/mol. The number of piperazine rings is 1. The van der Waals surface area contributed by atoms with Gasteiger partial charge in [-0.2, -0.15) is 0 Å². The zero-order valence-electron chi connectivity index (χ0n) is 11.9. The van der Waals surface area contributed by atoms with Crippen LogP contribution >= 0.6 is 0 Å². The van der Waals surface area contributed by atoms with E-state index in [4.69, 9.17) is 0 Å². The van der Waals surface area contributed by atoms with Gasteiger partial charge in [-0.25, -0.2) is 4.39 Å². The summed E-state index contributed by atoms with van der Waals surface area (Å²) in [5.74, 6) is -0.625. The minimum Gasteiger partial charge on any atom is -0.343 e. The molecular formula is C15H19FN2O2. The lowest BCUT2D eigenvalue weighted by atomic mass is 9.99. The molecule has 1 aromatic carbocycles. The maximum Gasteiger partial charge on any atom is 0.246 e. The second-order valence-corrected chi connectivity index (χ2v) is 5.13. The van der Waals surface area contributed by atoms with E-state index < -0.39 is 12.1 Å². The van der Waals surface area contributed by atoms with Crippen molar-refractivity contribution in [2.24, 2.45) is 0 Å². The molecule has 1 saturated heterocycles. The summed E-state index contributed by atoms with van der Waals surface area (Å²) in [6.45, 7) is 5.34. The molecule has 1 aliphatic rings. The van der Waals surface area contributed by atoms with Crippen LogP contribution in [0, 0.1) is 5.82 Å². The summed E-state index contributed by atoms with van der Waals surface area (Å²) in [5.41, 5.74) is 0.693. The van der Waals surface area contributed by atoms with Gasteiger partial charge in [-0.15, -0.1) is 0 Å². The number of benzene rings is 1. The van der Waals surface area contributed by atoms with Crippen LogP contribution in [0.15, 0.2) is 24.3 Å². The van der Waals surface area contributed by atoms with Crippen LogP contribution in [0.4, 0.5) is 4.39 Å². The van der Waals surface area contributed by atoms with E-state index in [1.54, 1.807) is 24.0 Å². The fourth-order valence-corrected chi connectivity index (χ4v) is 2.64. The highest BCUT2D eigenvalue weighted by Gasteiger charge is 2.40. The van der Waals surface area contributed by atoms with Crippen molar-refractivity contribution in [2.75, 3.05) is 0 Å². The fraction of sp³-hybridized carbons (Fsp3) is 0.467. The van der Waals surface area contributed by atoms with Crippen molar-refractivity contribution in [1.29, 1.82) is 0 Å². The van der Waals surface area contributed by atoms with Crippen LogP contribution < -0.4 is 5.32 Å². The number of amides is 2. The maximum atomic E-state index is 13.3. The Balaban J connectivity index is 2.36. The minimum atomic E-state index is -0.540. The molecule has 1 fully saturated rings. The van der Waals surface area contributed by atoms with Gasteiger partial charge in [0.05, 0.1) is 6.04 Å². The normalized spacial score (nSPS) is 24.5. The van der Waals surface area contributed by atoms with Crippen molar-refractivity contribution < 1.29 is 14.0 Å². The van der Waals surface area contributed by atoms with Crippen molar-refractivity contribution in [1.82, 2.24) is 10.2 Å². The molecule has 0 spiro atoms. The molecule has 2 amide bonds. The van der Waals surface area contributed by atoms with Gasteiger partial charge < -0.3 is 10.2 Å². The first kappa shape index (κ1) is 14.5. The third-order valence-corrected chi connectivity index (χ3v) is 3.76. The van der Waals surface area contributed by atoms with E-state index in [0.29, 0.717) is 12.0 Å². The van der Waals surface area contributed by atoms with Crippen LogP contribution in [0.25, 0.3) is 0 Å². The second kappa shape index (κ2) is 5.61. The number of nitrogens with zero attached hydrogens (tertiary/aromatic N) is 1. The number of nitrogens with one attached hydrogen (secondary N) is 1. The summed E-state index contributed by atoms with van der Waals surface area (Å²) in [6, 6.07) is 4.77. The summed E-state index contributed by atoms with van der Waals surface area (Å²) in [4.78, 5) is 25.9. The average molecular weight is 278 g/mol. The molecule has 1 heterocycles. The molecule has 1 aliphatic heterocycles. The summed E-state index contributed by atoms with van der Waals surface area (Å²) in [6.07, 6.45) is 0.532. The Hall–Kier alpha value is -1.91. The topological polar surface area (TPSA) is 49.4 Å². The van der Waals surface area contributed by atoms with E-state index in [1.165, 1.54) is 12.1 Å². The molecule has 2 rings (SSSR count). The lowest BCUT2D eigenvalue weighted by Crippen LogP contribution is -2.62. The molecule has 1 aromatic rings. The highest BCUT2D eigenvalue weighted by molar-refractivity contribution is 5.96. The van der Waals surface area contributed by atoms with Crippen molar-refractivity contribution in [2.45, 2.75) is 45.3 Å². The standard InChI is InChI=1S/C15H19FN2O2/c1-4-13-14(19)17-9(2)15(20)18(13)10(3)11-6-5-7-12(16)8-11/h5-10,13H,4H2,1-3H3,(H,17,19). The predicted octanol–water partition coefficient (Wildman–Crippen LogP) is 2.01. The molecule has 4 nitrogen and oxygen atoms in total. The Morgan fingerprint density at radius 1 is 1.40 bits per heavy atom. The predicted molar refractivity (Wildman–Crippen MR) is 73.3 cm³/mol. The summed E-state index contributed by atoms with van der Waals surface area (Å²) in [7, 11) is 0. The Bertz CT molecular complexity index is 532. The highest BCUT2D eigenvalue weighted by Crippen LogP contribution is 2.27. The van der Waals surface area contributed by atoms with Crippen LogP contribution in [0.3, 0.4) is 0 Å². The third-order valence-electron chi connectivity index (χ3n) is 3.76. The number of carbonyl (C=O) groups is 2. The zero-order valence-corrected chi connectivity index (χ0v) is 11.9. The van der Waals surface area contributed by atoms with Crippen LogP contribution in [0.2, 0.25) is 0 Å². The SMILES string of the molecule is CCC1C(=O)NC(C)C(=O)N1C(C)c1cccc(F)c1. The van der Waals surface area contributed by atoms with Crippen molar-refractivity contribution >= 4 is 11.8 Å². The van der Waals surface area contributed by atoms with E-state index in [1.807, 2.05) is 13.8 Å². The first-order valence-electron chi connectivity index (χ1n) is 6.83.